The highest BCUT2D eigenvalue weighted by molar-refractivity contribution is 7.89. The molecule has 3 unspecified atom stereocenters. The molecule has 3 fully saturated rings. The molecule has 0 bridgehead atoms. The van der Waals surface area contributed by atoms with Crippen molar-refractivity contribution in [2.24, 2.45) is 5.92 Å². The second-order valence-electron chi connectivity index (χ2n) is 5.77. The summed E-state index contributed by atoms with van der Waals surface area (Å²) in [7, 11) is -4.01. The third kappa shape index (κ3) is 1.64. The maximum Gasteiger partial charge on any atom is 0.289 e. The van der Waals surface area contributed by atoms with Crippen LogP contribution in [-0.4, -0.2) is 42.8 Å². The monoisotopic (exact) mass is 326 g/mol. The first-order valence-electron chi connectivity index (χ1n) is 6.98. The zero-order valence-corrected chi connectivity index (χ0v) is 12.4. The van der Waals surface area contributed by atoms with Gasteiger partial charge in [0, 0.05) is 18.5 Å². The molecule has 3 atom stereocenters. The van der Waals surface area contributed by atoms with Crippen molar-refractivity contribution in [3.8, 4) is 0 Å². The molecule has 22 heavy (non-hydrogen) atoms. The minimum absolute atomic E-state index is 0.0596. The lowest BCUT2D eigenvalue weighted by Crippen LogP contribution is -2.51. The van der Waals surface area contributed by atoms with E-state index in [-0.39, 0.29) is 24.2 Å². The minimum Gasteiger partial charge on any atom is -0.344 e. The van der Waals surface area contributed by atoms with Gasteiger partial charge in [0.25, 0.3) is 15.7 Å². The van der Waals surface area contributed by atoms with Crippen LogP contribution in [0.25, 0.3) is 0 Å². The number of sulfonamides is 1. The number of nitrogens with zero attached hydrogens (tertiary/aromatic N) is 2. The third-order valence-electron chi connectivity index (χ3n) is 4.86. The summed E-state index contributed by atoms with van der Waals surface area (Å²) in [6.45, 7) is 0.336. The average molecular weight is 326 g/mol. The fourth-order valence-corrected chi connectivity index (χ4v) is 5.41. The zero-order chi connectivity index (χ0) is 15.5. The molecule has 2 aliphatic heterocycles. The molecule has 8 nitrogen and oxygen atoms in total. The fraction of sp³-hybridized carbons (Fsp3) is 0.538. The summed E-state index contributed by atoms with van der Waals surface area (Å²) in [6, 6.07) is 5.38. The largest absolute Gasteiger partial charge is 0.344 e. The first-order chi connectivity index (χ1) is 10.5. The molecular formula is C13H14N2O6S. The minimum atomic E-state index is -4.01. The van der Waals surface area contributed by atoms with E-state index in [0.717, 1.165) is 12.8 Å². The van der Waals surface area contributed by atoms with E-state index in [1.165, 1.54) is 28.6 Å². The molecule has 0 N–H and O–H groups in total. The van der Waals surface area contributed by atoms with Crippen LogP contribution in [-0.2, 0) is 19.5 Å². The van der Waals surface area contributed by atoms with Crippen molar-refractivity contribution >= 4 is 15.7 Å². The van der Waals surface area contributed by atoms with Crippen molar-refractivity contribution in [2.45, 2.75) is 29.6 Å². The van der Waals surface area contributed by atoms with E-state index in [4.69, 9.17) is 9.47 Å². The smallest absolute Gasteiger partial charge is 0.289 e. The second kappa shape index (κ2) is 4.48. The third-order valence-corrected chi connectivity index (χ3v) is 6.72. The molecule has 0 aromatic heterocycles. The Morgan fingerprint density at radius 1 is 1.36 bits per heavy atom. The summed E-state index contributed by atoms with van der Waals surface area (Å²) in [5.74, 6) is 0.0949. The highest BCUT2D eigenvalue weighted by Gasteiger charge is 2.67. The van der Waals surface area contributed by atoms with Crippen LogP contribution in [0.15, 0.2) is 29.2 Å². The standard InChI is InChI=1S/C13H14N2O6S/c16-15(17)10-3-1-2-4-11(10)22(18,19)14-7-9-5-6-13(9)12(14)20-8-21-13/h1-4,9,12H,5-8H2. The van der Waals surface area contributed by atoms with Crippen molar-refractivity contribution in [1.82, 2.24) is 4.31 Å². The van der Waals surface area contributed by atoms with Crippen molar-refractivity contribution in [2.75, 3.05) is 13.3 Å². The molecule has 1 spiro atoms. The van der Waals surface area contributed by atoms with Crippen LogP contribution in [0.1, 0.15) is 12.8 Å². The second-order valence-corrected chi connectivity index (χ2v) is 7.63. The molecule has 1 aliphatic carbocycles. The first kappa shape index (κ1) is 14.1. The molecule has 118 valence electrons. The summed E-state index contributed by atoms with van der Waals surface area (Å²) in [4.78, 5) is 10.1. The topological polar surface area (TPSA) is 99.0 Å². The van der Waals surface area contributed by atoms with Crippen LogP contribution < -0.4 is 0 Å². The zero-order valence-electron chi connectivity index (χ0n) is 11.5. The van der Waals surface area contributed by atoms with E-state index in [1.807, 2.05) is 0 Å². The number of nitro benzene ring substituents is 1. The van der Waals surface area contributed by atoms with Crippen molar-refractivity contribution in [3.63, 3.8) is 0 Å². The molecule has 3 aliphatic rings. The Labute approximate surface area is 126 Å². The van der Waals surface area contributed by atoms with E-state index in [9.17, 15) is 18.5 Å². The summed E-state index contributed by atoms with van der Waals surface area (Å²) < 4.78 is 38.1. The van der Waals surface area contributed by atoms with Gasteiger partial charge in [-0.2, -0.15) is 4.31 Å². The van der Waals surface area contributed by atoms with Gasteiger partial charge in [-0.1, -0.05) is 12.1 Å². The number of para-hydroxylation sites is 1. The highest BCUT2D eigenvalue weighted by atomic mass is 32.2. The molecule has 4 rings (SSSR count). The molecule has 0 radical (unpaired) electrons. The molecule has 2 heterocycles. The summed E-state index contributed by atoms with van der Waals surface area (Å²) in [6.07, 6.45) is 0.949. The lowest BCUT2D eigenvalue weighted by molar-refractivity contribution is -0.387. The number of rotatable bonds is 3. The molecule has 2 saturated heterocycles. The van der Waals surface area contributed by atoms with Gasteiger partial charge in [-0.25, -0.2) is 8.42 Å². The number of nitro groups is 1. The van der Waals surface area contributed by atoms with Gasteiger partial charge in [0.1, 0.15) is 12.4 Å². The quantitative estimate of drug-likeness (QED) is 0.609. The molecule has 1 saturated carbocycles. The van der Waals surface area contributed by atoms with Gasteiger partial charge in [-0.05, 0) is 18.9 Å². The highest BCUT2D eigenvalue weighted by Crippen LogP contribution is 2.55. The van der Waals surface area contributed by atoms with Crippen molar-refractivity contribution in [1.29, 1.82) is 0 Å². The first-order valence-corrected chi connectivity index (χ1v) is 8.42. The van der Waals surface area contributed by atoms with Gasteiger partial charge >= 0.3 is 0 Å². The number of hydrogen-bond donors (Lipinski definition) is 0. The van der Waals surface area contributed by atoms with Gasteiger partial charge in [-0.3, -0.25) is 10.1 Å². The van der Waals surface area contributed by atoms with Crippen LogP contribution >= 0.6 is 0 Å². The maximum absolute atomic E-state index is 12.9. The Hall–Kier alpha value is -1.55. The summed E-state index contributed by atoms with van der Waals surface area (Å²) in [5.41, 5.74) is -0.980. The Morgan fingerprint density at radius 3 is 2.82 bits per heavy atom. The van der Waals surface area contributed by atoms with E-state index >= 15 is 0 Å². The van der Waals surface area contributed by atoms with Gasteiger partial charge < -0.3 is 9.47 Å². The molecular weight excluding hydrogens is 312 g/mol. The fourth-order valence-electron chi connectivity index (χ4n) is 3.63. The van der Waals surface area contributed by atoms with E-state index in [2.05, 4.69) is 0 Å². The number of ether oxygens (including phenoxy) is 2. The van der Waals surface area contributed by atoms with E-state index in [1.54, 1.807) is 0 Å². The van der Waals surface area contributed by atoms with Gasteiger partial charge in [0.2, 0.25) is 0 Å². The molecule has 1 aromatic carbocycles. The van der Waals surface area contributed by atoms with Crippen molar-refractivity contribution in [3.05, 3.63) is 34.4 Å². The normalized spacial score (nSPS) is 34.0. The Balaban J connectivity index is 1.78. The maximum atomic E-state index is 12.9. The predicted molar refractivity (Wildman–Crippen MR) is 73.3 cm³/mol. The predicted octanol–water partition coefficient (Wildman–Crippen LogP) is 1.08. The van der Waals surface area contributed by atoms with Crippen LogP contribution in [0.3, 0.4) is 0 Å². The van der Waals surface area contributed by atoms with Crippen molar-refractivity contribution < 1.29 is 22.8 Å². The Bertz CT molecular complexity index is 751. The lowest BCUT2D eigenvalue weighted by atomic mass is 9.71. The van der Waals surface area contributed by atoms with Gasteiger partial charge in [0.05, 0.1) is 4.92 Å². The molecule has 9 heteroatoms. The Kier molecular flexibility index (Phi) is 2.86. The summed E-state index contributed by atoms with van der Waals surface area (Å²) in [5, 5.41) is 11.1. The molecule has 0 amide bonds. The van der Waals surface area contributed by atoms with Crippen LogP contribution in [0, 0.1) is 16.0 Å². The van der Waals surface area contributed by atoms with Crippen LogP contribution in [0.5, 0.6) is 0 Å². The molecule has 1 aromatic rings. The summed E-state index contributed by atoms with van der Waals surface area (Å²) >= 11 is 0. The number of benzene rings is 1. The lowest BCUT2D eigenvalue weighted by Gasteiger charge is -2.41. The van der Waals surface area contributed by atoms with Gasteiger partial charge in [-0.15, -0.1) is 0 Å². The van der Waals surface area contributed by atoms with Crippen LogP contribution in [0.2, 0.25) is 0 Å². The van der Waals surface area contributed by atoms with Crippen LogP contribution in [0.4, 0.5) is 5.69 Å². The Morgan fingerprint density at radius 2 is 2.14 bits per heavy atom. The van der Waals surface area contributed by atoms with E-state index < -0.39 is 32.5 Å². The number of hydrogen-bond acceptors (Lipinski definition) is 6. The van der Waals surface area contributed by atoms with E-state index in [0.29, 0.717) is 0 Å². The average Bonchev–Trinajstić information content (AvgIpc) is 3.00. The SMILES string of the molecule is O=[N+]([O-])c1ccccc1S(=O)(=O)N1CC2CCC23OCOC13. The van der Waals surface area contributed by atoms with Gasteiger partial charge in [0.15, 0.2) is 11.1 Å².